The SMILES string of the molecule is CCC(C)Oc1ncnc2[nH]cc(C/C=C\C#N)c12. The number of nitriles is 1. The Labute approximate surface area is 111 Å². The average Bonchev–Trinajstić information content (AvgIpc) is 2.83. The Morgan fingerprint density at radius 3 is 3.11 bits per heavy atom. The molecular formula is C14H16N4O. The van der Waals surface area contributed by atoms with E-state index in [9.17, 15) is 0 Å². The van der Waals surface area contributed by atoms with Crippen LogP contribution in [0.25, 0.3) is 11.0 Å². The second-order valence-corrected chi connectivity index (χ2v) is 4.29. The highest BCUT2D eigenvalue weighted by atomic mass is 16.5. The molecule has 0 aliphatic carbocycles. The van der Waals surface area contributed by atoms with E-state index in [1.54, 1.807) is 0 Å². The van der Waals surface area contributed by atoms with E-state index >= 15 is 0 Å². The van der Waals surface area contributed by atoms with Crippen LogP contribution in [0, 0.1) is 11.3 Å². The fourth-order valence-corrected chi connectivity index (χ4v) is 1.76. The summed E-state index contributed by atoms with van der Waals surface area (Å²) in [5.74, 6) is 0.598. The van der Waals surface area contributed by atoms with Crippen LogP contribution in [0.5, 0.6) is 5.88 Å². The largest absolute Gasteiger partial charge is 0.474 e. The number of aromatic amines is 1. The summed E-state index contributed by atoms with van der Waals surface area (Å²) in [4.78, 5) is 11.5. The zero-order valence-electron chi connectivity index (χ0n) is 11.1. The molecule has 5 heteroatoms. The third-order valence-corrected chi connectivity index (χ3v) is 2.93. The van der Waals surface area contributed by atoms with E-state index in [0.717, 1.165) is 23.0 Å². The first kappa shape index (κ1) is 13.1. The zero-order chi connectivity index (χ0) is 13.7. The van der Waals surface area contributed by atoms with Crippen LogP contribution in [0.4, 0.5) is 0 Å². The van der Waals surface area contributed by atoms with Crippen LogP contribution in [0.2, 0.25) is 0 Å². The number of fused-ring (bicyclic) bond motifs is 1. The van der Waals surface area contributed by atoms with E-state index in [2.05, 4.69) is 21.9 Å². The van der Waals surface area contributed by atoms with Gasteiger partial charge in [-0.2, -0.15) is 5.26 Å². The van der Waals surface area contributed by atoms with E-state index in [-0.39, 0.29) is 6.10 Å². The smallest absolute Gasteiger partial charge is 0.226 e. The Bertz CT molecular complexity index is 624. The summed E-state index contributed by atoms with van der Waals surface area (Å²) < 4.78 is 5.82. The van der Waals surface area contributed by atoms with Gasteiger partial charge in [0.05, 0.1) is 17.6 Å². The molecule has 0 fully saturated rings. The molecule has 1 atom stereocenters. The van der Waals surface area contributed by atoms with Crippen LogP contribution < -0.4 is 4.74 Å². The van der Waals surface area contributed by atoms with Gasteiger partial charge < -0.3 is 9.72 Å². The van der Waals surface area contributed by atoms with E-state index in [4.69, 9.17) is 10.00 Å². The monoisotopic (exact) mass is 256 g/mol. The minimum atomic E-state index is 0.107. The summed E-state index contributed by atoms with van der Waals surface area (Å²) >= 11 is 0. The van der Waals surface area contributed by atoms with Crippen molar-refractivity contribution in [2.24, 2.45) is 0 Å². The second-order valence-electron chi connectivity index (χ2n) is 4.29. The highest BCUT2D eigenvalue weighted by Gasteiger charge is 2.13. The predicted molar refractivity (Wildman–Crippen MR) is 72.7 cm³/mol. The lowest BCUT2D eigenvalue weighted by Gasteiger charge is -2.12. The van der Waals surface area contributed by atoms with Gasteiger partial charge in [0.1, 0.15) is 12.0 Å². The highest BCUT2D eigenvalue weighted by Crippen LogP contribution is 2.26. The van der Waals surface area contributed by atoms with E-state index in [0.29, 0.717) is 12.3 Å². The van der Waals surface area contributed by atoms with Gasteiger partial charge in [-0.1, -0.05) is 13.0 Å². The molecule has 1 N–H and O–H groups in total. The molecule has 5 nitrogen and oxygen atoms in total. The van der Waals surface area contributed by atoms with Gasteiger partial charge in [0.2, 0.25) is 5.88 Å². The Balaban J connectivity index is 2.38. The Morgan fingerprint density at radius 1 is 1.53 bits per heavy atom. The van der Waals surface area contributed by atoms with Crippen molar-refractivity contribution in [1.29, 1.82) is 5.26 Å². The van der Waals surface area contributed by atoms with Crippen molar-refractivity contribution < 1.29 is 4.74 Å². The van der Waals surface area contributed by atoms with Crippen molar-refractivity contribution in [1.82, 2.24) is 15.0 Å². The van der Waals surface area contributed by atoms with Crippen LogP contribution in [0.1, 0.15) is 25.8 Å². The number of hydrogen-bond acceptors (Lipinski definition) is 4. The number of H-pyrrole nitrogens is 1. The number of ether oxygens (including phenoxy) is 1. The number of nitrogens with one attached hydrogen (secondary N) is 1. The van der Waals surface area contributed by atoms with Gasteiger partial charge in [0.25, 0.3) is 0 Å². The van der Waals surface area contributed by atoms with Gasteiger partial charge in [-0.15, -0.1) is 0 Å². The summed E-state index contributed by atoms with van der Waals surface area (Å²) in [5, 5.41) is 9.41. The van der Waals surface area contributed by atoms with E-state index < -0.39 is 0 Å². The second kappa shape index (κ2) is 6.01. The molecule has 0 amide bonds. The molecule has 98 valence electrons. The lowest BCUT2D eigenvalue weighted by atomic mass is 10.1. The van der Waals surface area contributed by atoms with Gasteiger partial charge in [-0.3, -0.25) is 0 Å². The molecule has 2 heterocycles. The molecule has 0 saturated heterocycles. The van der Waals surface area contributed by atoms with Gasteiger partial charge in [-0.25, -0.2) is 9.97 Å². The zero-order valence-corrected chi connectivity index (χ0v) is 11.1. The van der Waals surface area contributed by atoms with Crippen molar-refractivity contribution in [3.63, 3.8) is 0 Å². The van der Waals surface area contributed by atoms with Crippen molar-refractivity contribution in [2.75, 3.05) is 0 Å². The molecule has 2 rings (SSSR count). The lowest BCUT2D eigenvalue weighted by Crippen LogP contribution is -2.11. The summed E-state index contributed by atoms with van der Waals surface area (Å²) in [6.45, 7) is 4.08. The maximum absolute atomic E-state index is 8.52. The number of rotatable bonds is 5. The summed E-state index contributed by atoms with van der Waals surface area (Å²) in [5.41, 5.74) is 1.79. The normalized spacial score (nSPS) is 12.7. The molecule has 0 saturated carbocycles. The van der Waals surface area contributed by atoms with E-state index in [1.165, 1.54) is 12.4 Å². The van der Waals surface area contributed by atoms with Crippen LogP contribution in [0.3, 0.4) is 0 Å². The standard InChI is InChI=1S/C14H16N4O/c1-3-10(2)19-14-12-11(6-4-5-7-15)8-16-13(12)17-9-18-14/h4-5,8-10H,3,6H2,1-2H3,(H,16,17,18)/b5-4-. The molecule has 0 aromatic carbocycles. The number of hydrogen-bond donors (Lipinski definition) is 1. The Kier molecular flexibility index (Phi) is 4.14. The van der Waals surface area contributed by atoms with Gasteiger partial charge in [0.15, 0.2) is 0 Å². The van der Waals surface area contributed by atoms with Gasteiger partial charge in [-0.05, 0) is 25.3 Å². The third kappa shape index (κ3) is 2.91. The molecule has 0 bridgehead atoms. The maximum atomic E-state index is 8.52. The fraction of sp³-hybridized carbons (Fsp3) is 0.357. The van der Waals surface area contributed by atoms with Crippen molar-refractivity contribution >= 4 is 11.0 Å². The van der Waals surface area contributed by atoms with Crippen LogP contribution >= 0.6 is 0 Å². The van der Waals surface area contributed by atoms with Crippen LogP contribution in [0.15, 0.2) is 24.7 Å². The minimum Gasteiger partial charge on any atom is -0.474 e. The van der Waals surface area contributed by atoms with Gasteiger partial charge in [0, 0.05) is 12.3 Å². The predicted octanol–water partition coefficient (Wildman–Crippen LogP) is 2.76. The van der Waals surface area contributed by atoms with Gasteiger partial charge >= 0.3 is 0 Å². The first-order chi connectivity index (χ1) is 9.26. The molecule has 0 radical (unpaired) electrons. The molecule has 0 spiro atoms. The Hall–Kier alpha value is -2.35. The first-order valence-corrected chi connectivity index (χ1v) is 6.28. The van der Waals surface area contributed by atoms with E-state index in [1.807, 2.05) is 25.3 Å². The lowest BCUT2D eigenvalue weighted by molar-refractivity contribution is 0.211. The molecular weight excluding hydrogens is 240 g/mol. The Morgan fingerprint density at radius 2 is 2.37 bits per heavy atom. The highest BCUT2D eigenvalue weighted by molar-refractivity contribution is 5.84. The number of nitrogens with zero attached hydrogens (tertiary/aromatic N) is 3. The molecule has 0 aliphatic heterocycles. The van der Waals surface area contributed by atoms with Crippen molar-refractivity contribution in [3.8, 4) is 11.9 Å². The average molecular weight is 256 g/mol. The van der Waals surface area contributed by atoms with Crippen LogP contribution in [-0.4, -0.2) is 21.1 Å². The summed E-state index contributed by atoms with van der Waals surface area (Å²) in [6.07, 6.45) is 8.32. The van der Waals surface area contributed by atoms with Crippen molar-refractivity contribution in [3.05, 3.63) is 30.2 Å². The molecule has 19 heavy (non-hydrogen) atoms. The fourth-order valence-electron chi connectivity index (χ4n) is 1.76. The number of aromatic nitrogens is 3. The van der Waals surface area contributed by atoms with Crippen LogP contribution in [-0.2, 0) is 6.42 Å². The maximum Gasteiger partial charge on any atom is 0.226 e. The summed E-state index contributed by atoms with van der Waals surface area (Å²) in [7, 11) is 0. The minimum absolute atomic E-state index is 0.107. The third-order valence-electron chi connectivity index (χ3n) is 2.93. The summed E-state index contributed by atoms with van der Waals surface area (Å²) in [6, 6.07) is 1.98. The quantitative estimate of drug-likeness (QED) is 0.835. The molecule has 2 aromatic heterocycles. The van der Waals surface area contributed by atoms with Crippen molar-refractivity contribution in [2.45, 2.75) is 32.8 Å². The topological polar surface area (TPSA) is 74.6 Å². The molecule has 1 unspecified atom stereocenters. The number of allylic oxidation sites excluding steroid dienone is 2. The first-order valence-electron chi connectivity index (χ1n) is 6.28. The molecule has 2 aromatic rings. The molecule has 0 aliphatic rings.